The van der Waals surface area contributed by atoms with Gasteiger partial charge < -0.3 is 0 Å². The van der Waals surface area contributed by atoms with E-state index in [2.05, 4.69) is 4.99 Å². The van der Waals surface area contributed by atoms with Crippen LogP contribution in [0.3, 0.4) is 0 Å². The second-order valence-corrected chi connectivity index (χ2v) is 3.21. The summed E-state index contributed by atoms with van der Waals surface area (Å²) in [4.78, 5) is 23.5. The van der Waals surface area contributed by atoms with Gasteiger partial charge in [-0.15, -0.1) is 0 Å². The molecule has 1 unspecified atom stereocenters. The molecule has 0 aliphatic rings. The Balaban J connectivity index is 2.72. The smallest absolute Gasteiger partial charge is 0.240 e. The number of rotatable bonds is 4. The third-order valence-corrected chi connectivity index (χ3v) is 2.00. The van der Waals surface area contributed by atoms with Crippen molar-refractivity contribution in [1.82, 2.24) is 0 Å². The highest BCUT2D eigenvalue weighted by Gasteiger charge is 2.12. The molecule has 1 atom stereocenters. The predicted octanol–water partition coefficient (Wildman–Crippen LogP) is 1.86. The summed E-state index contributed by atoms with van der Waals surface area (Å²) in [7, 11) is 0. The summed E-state index contributed by atoms with van der Waals surface area (Å²) in [5.41, 5.74) is 1.35. The van der Waals surface area contributed by atoms with E-state index in [-0.39, 0.29) is 4.92 Å². The lowest BCUT2D eigenvalue weighted by Crippen LogP contribution is -2.17. The van der Waals surface area contributed by atoms with Gasteiger partial charge in [0.25, 0.3) is 0 Å². The van der Waals surface area contributed by atoms with Crippen molar-refractivity contribution in [3.8, 4) is 0 Å². The second-order valence-electron chi connectivity index (χ2n) is 3.21. The summed E-state index contributed by atoms with van der Waals surface area (Å²) in [6.45, 7) is 1.55. The summed E-state index contributed by atoms with van der Waals surface area (Å²) < 4.78 is 0. The molecule has 1 aromatic rings. The van der Waals surface area contributed by atoms with Crippen molar-refractivity contribution in [2.45, 2.75) is 19.4 Å². The van der Waals surface area contributed by atoms with Gasteiger partial charge in [0.05, 0.1) is 5.69 Å². The van der Waals surface area contributed by atoms with Crippen molar-refractivity contribution in [3.05, 3.63) is 39.9 Å². The Bertz CT molecular complexity index is 394. The van der Waals surface area contributed by atoms with Crippen LogP contribution in [0.15, 0.2) is 29.3 Å². The molecule has 0 aliphatic carbocycles. The lowest BCUT2D eigenvalue weighted by molar-refractivity contribution is -0.517. The van der Waals surface area contributed by atoms with E-state index in [4.69, 9.17) is 0 Å². The molecule has 0 saturated heterocycles. The van der Waals surface area contributed by atoms with Gasteiger partial charge in [0.1, 0.15) is 0 Å². The fourth-order valence-electron chi connectivity index (χ4n) is 1.17. The molecule has 1 rings (SSSR count). The highest BCUT2D eigenvalue weighted by molar-refractivity contribution is 5.49. The van der Waals surface area contributed by atoms with E-state index in [1.807, 2.05) is 0 Å². The van der Waals surface area contributed by atoms with Gasteiger partial charge in [-0.2, -0.15) is 4.99 Å². The molecule has 5 nitrogen and oxygen atoms in total. The Hall–Kier alpha value is -2.00. The maximum Gasteiger partial charge on any atom is 0.240 e. The maximum atomic E-state index is 10.4. The van der Waals surface area contributed by atoms with Crippen molar-refractivity contribution < 1.29 is 9.72 Å². The second kappa shape index (κ2) is 5.02. The molecule has 1 aromatic carbocycles. The molecule has 0 spiro atoms. The minimum Gasteiger partial charge on any atom is -0.264 e. The number of benzene rings is 1. The SMILES string of the molecule is CC(Cc1ccc(N=C=O)cc1)[N+](=O)[O-]. The number of carbonyl (C=O) groups excluding carboxylic acids is 1. The predicted molar refractivity (Wildman–Crippen MR) is 54.4 cm³/mol. The molecular weight excluding hydrogens is 196 g/mol. The molecule has 0 aromatic heterocycles. The van der Waals surface area contributed by atoms with Gasteiger partial charge in [0.2, 0.25) is 12.1 Å². The van der Waals surface area contributed by atoms with Crippen LogP contribution in [0.25, 0.3) is 0 Å². The Morgan fingerprint density at radius 3 is 2.53 bits per heavy atom. The standard InChI is InChI=1S/C10H10N2O3/c1-8(12(14)15)6-9-2-4-10(5-3-9)11-7-13/h2-5,8H,6H2,1H3. The first-order valence-electron chi connectivity index (χ1n) is 4.44. The first-order valence-corrected chi connectivity index (χ1v) is 4.44. The van der Waals surface area contributed by atoms with Gasteiger partial charge in [-0.05, 0) is 17.7 Å². The minimum absolute atomic E-state index is 0.322. The molecule has 0 aliphatic heterocycles. The number of hydrogen-bond donors (Lipinski definition) is 0. The Labute approximate surface area is 86.6 Å². The van der Waals surface area contributed by atoms with Crippen LogP contribution in [-0.2, 0) is 11.2 Å². The van der Waals surface area contributed by atoms with Crippen LogP contribution < -0.4 is 0 Å². The molecule has 5 heteroatoms. The maximum absolute atomic E-state index is 10.4. The average Bonchev–Trinajstić information content (AvgIpc) is 2.21. The van der Waals surface area contributed by atoms with E-state index in [1.54, 1.807) is 31.2 Å². The zero-order valence-corrected chi connectivity index (χ0v) is 8.21. The van der Waals surface area contributed by atoms with Crippen molar-refractivity contribution in [3.63, 3.8) is 0 Å². The van der Waals surface area contributed by atoms with Crippen molar-refractivity contribution >= 4 is 11.8 Å². The van der Waals surface area contributed by atoms with Gasteiger partial charge in [-0.25, -0.2) is 4.79 Å². The fourth-order valence-corrected chi connectivity index (χ4v) is 1.17. The fraction of sp³-hybridized carbons (Fsp3) is 0.300. The quantitative estimate of drug-likeness (QED) is 0.326. The molecule has 15 heavy (non-hydrogen) atoms. The monoisotopic (exact) mass is 206 g/mol. The van der Waals surface area contributed by atoms with Crippen LogP contribution in [-0.4, -0.2) is 17.0 Å². The molecule has 0 heterocycles. The van der Waals surface area contributed by atoms with Crippen LogP contribution in [0.2, 0.25) is 0 Å². The van der Waals surface area contributed by atoms with Gasteiger partial charge in [0.15, 0.2) is 0 Å². The van der Waals surface area contributed by atoms with Crippen LogP contribution in [0, 0.1) is 10.1 Å². The van der Waals surface area contributed by atoms with Gasteiger partial charge in [-0.1, -0.05) is 12.1 Å². The summed E-state index contributed by atoms with van der Waals surface area (Å²) in [6, 6.07) is 6.09. The normalized spacial score (nSPS) is 11.5. The van der Waals surface area contributed by atoms with E-state index in [9.17, 15) is 14.9 Å². The van der Waals surface area contributed by atoms with E-state index < -0.39 is 6.04 Å². The summed E-state index contributed by atoms with van der Waals surface area (Å²) in [5, 5.41) is 10.4. The molecule has 0 bridgehead atoms. The van der Waals surface area contributed by atoms with Gasteiger partial charge >= 0.3 is 0 Å². The molecule has 0 saturated carbocycles. The molecule has 0 amide bonds. The molecule has 0 fully saturated rings. The molecular formula is C10H10N2O3. The van der Waals surface area contributed by atoms with Crippen LogP contribution in [0.4, 0.5) is 5.69 Å². The largest absolute Gasteiger partial charge is 0.264 e. The summed E-state index contributed by atoms with van der Waals surface area (Å²) >= 11 is 0. The van der Waals surface area contributed by atoms with Crippen LogP contribution in [0.5, 0.6) is 0 Å². The van der Waals surface area contributed by atoms with E-state index in [1.165, 1.54) is 6.08 Å². The summed E-state index contributed by atoms with van der Waals surface area (Å²) in [5.74, 6) is 0. The van der Waals surface area contributed by atoms with Crippen molar-refractivity contribution in [1.29, 1.82) is 0 Å². The Morgan fingerprint density at radius 2 is 2.07 bits per heavy atom. The van der Waals surface area contributed by atoms with E-state index in [0.717, 1.165) is 5.56 Å². The van der Waals surface area contributed by atoms with Gasteiger partial charge in [-0.3, -0.25) is 10.1 Å². The average molecular weight is 206 g/mol. The molecule has 0 N–H and O–H groups in total. The van der Waals surface area contributed by atoms with E-state index in [0.29, 0.717) is 12.1 Å². The van der Waals surface area contributed by atoms with E-state index >= 15 is 0 Å². The zero-order valence-electron chi connectivity index (χ0n) is 8.21. The third kappa shape index (κ3) is 3.32. The van der Waals surface area contributed by atoms with Crippen LogP contribution in [0.1, 0.15) is 12.5 Å². The number of isocyanates is 1. The lowest BCUT2D eigenvalue weighted by Gasteiger charge is -2.03. The Kier molecular flexibility index (Phi) is 3.71. The first-order chi connectivity index (χ1) is 7.13. The number of nitro groups is 1. The Morgan fingerprint density at radius 1 is 1.47 bits per heavy atom. The summed E-state index contributed by atoms with van der Waals surface area (Å²) in [6.07, 6.45) is 1.80. The molecule has 78 valence electrons. The van der Waals surface area contributed by atoms with Crippen molar-refractivity contribution in [2.75, 3.05) is 0 Å². The number of aliphatic imine (C=N–C) groups is 1. The minimum atomic E-state index is -0.606. The highest BCUT2D eigenvalue weighted by atomic mass is 16.6. The zero-order chi connectivity index (χ0) is 11.3. The number of nitrogens with zero attached hydrogens (tertiary/aromatic N) is 2. The van der Waals surface area contributed by atoms with Gasteiger partial charge in [0, 0.05) is 18.3 Å². The third-order valence-electron chi connectivity index (χ3n) is 2.00. The van der Waals surface area contributed by atoms with Crippen LogP contribution >= 0.6 is 0 Å². The molecule has 0 radical (unpaired) electrons. The van der Waals surface area contributed by atoms with Crippen molar-refractivity contribution in [2.24, 2.45) is 4.99 Å². The first kappa shape index (κ1) is 11.1. The topological polar surface area (TPSA) is 72.6 Å². The highest BCUT2D eigenvalue weighted by Crippen LogP contribution is 2.13. The lowest BCUT2D eigenvalue weighted by atomic mass is 10.1. The number of hydrogen-bond acceptors (Lipinski definition) is 4.